The summed E-state index contributed by atoms with van der Waals surface area (Å²) in [7, 11) is 0. The number of H-pyrrole nitrogens is 1. The monoisotopic (exact) mass is 235 g/mol. The Balaban J connectivity index is 2.56. The Morgan fingerprint density at radius 2 is 2.24 bits per heavy atom. The smallest absolute Gasteiger partial charge is 0.337 e. The van der Waals surface area contributed by atoms with Crippen molar-refractivity contribution in [1.82, 2.24) is 4.98 Å². The number of carboxylic acid groups (broad SMARTS) is 1. The highest BCUT2D eigenvalue weighted by molar-refractivity contribution is 6.05. The Bertz CT molecular complexity index is 559. The van der Waals surface area contributed by atoms with Gasteiger partial charge in [0.2, 0.25) is 0 Å². The fourth-order valence-electron chi connectivity index (χ4n) is 1.86. The second kappa shape index (κ2) is 4.47. The minimum Gasteiger partial charge on any atom is -0.491 e. The quantitative estimate of drug-likeness (QED) is 0.750. The number of carbonyl (C=O) groups is 1. The van der Waals surface area contributed by atoms with E-state index in [4.69, 9.17) is 14.9 Å². The molecular weight excluding hydrogens is 222 g/mol. The predicted octanol–water partition coefficient (Wildman–Crippen LogP) is 1.55. The van der Waals surface area contributed by atoms with E-state index in [-0.39, 0.29) is 18.8 Å². The third-order valence-electron chi connectivity index (χ3n) is 2.64. The number of ether oxygens (including phenoxy) is 1. The van der Waals surface area contributed by atoms with Crippen LogP contribution in [0.5, 0.6) is 5.75 Å². The van der Waals surface area contributed by atoms with E-state index in [1.807, 2.05) is 0 Å². The van der Waals surface area contributed by atoms with Crippen molar-refractivity contribution in [3.8, 4) is 5.75 Å². The summed E-state index contributed by atoms with van der Waals surface area (Å²) in [5.74, 6) is -0.382. The molecule has 5 nitrogen and oxygen atoms in total. The molecule has 0 aliphatic rings. The van der Waals surface area contributed by atoms with E-state index >= 15 is 0 Å². The van der Waals surface area contributed by atoms with Crippen molar-refractivity contribution in [3.63, 3.8) is 0 Å². The van der Waals surface area contributed by atoms with Gasteiger partial charge in [-0.15, -0.1) is 0 Å². The van der Waals surface area contributed by atoms with Crippen LogP contribution in [0.1, 0.15) is 15.9 Å². The van der Waals surface area contributed by atoms with Crippen LogP contribution < -0.4 is 4.74 Å². The molecule has 1 aromatic heterocycles. The summed E-state index contributed by atoms with van der Waals surface area (Å²) in [5.41, 5.74) is 1.75. The van der Waals surface area contributed by atoms with Gasteiger partial charge in [-0.3, -0.25) is 0 Å². The Kier molecular flexibility index (Phi) is 3.01. The van der Waals surface area contributed by atoms with Gasteiger partial charge >= 0.3 is 5.97 Å². The van der Waals surface area contributed by atoms with Crippen molar-refractivity contribution in [2.45, 2.75) is 6.92 Å². The third-order valence-corrected chi connectivity index (χ3v) is 2.64. The fourth-order valence-corrected chi connectivity index (χ4v) is 1.86. The van der Waals surface area contributed by atoms with Crippen LogP contribution in [-0.4, -0.2) is 34.4 Å². The molecule has 2 rings (SSSR count). The molecule has 90 valence electrons. The first-order chi connectivity index (χ1) is 8.15. The van der Waals surface area contributed by atoms with Gasteiger partial charge < -0.3 is 19.9 Å². The molecular formula is C12H13NO4. The number of aromatic nitrogens is 1. The zero-order chi connectivity index (χ0) is 12.4. The van der Waals surface area contributed by atoms with E-state index in [1.165, 1.54) is 6.20 Å². The summed E-state index contributed by atoms with van der Waals surface area (Å²) >= 11 is 0. The lowest BCUT2D eigenvalue weighted by Gasteiger charge is -2.09. The summed E-state index contributed by atoms with van der Waals surface area (Å²) in [6, 6.07) is 3.52. The number of nitrogens with one attached hydrogen (secondary N) is 1. The Hall–Kier alpha value is -2.01. The number of rotatable bonds is 4. The summed E-state index contributed by atoms with van der Waals surface area (Å²) in [4.78, 5) is 14.0. The van der Waals surface area contributed by atoms with Crippen LogP contribution in [0.3, 0.4) is 0 Å². The number of fused-ring (bicyclic) bond motifs is 1. The number of aliphatic hydroxyl groups excluding tert-OH is 1. The molecule has 17 heavy (non-hydrogen) atoms. The lowest BCUT2D eigenvalue weighted by Crippen LogP contribution is -2.03. The average Bonchev–Trinajstić information content (AvgIpc) is 2.73. The second-order valence-electron chi connectivity index (χ2n) is 3.69. The van der Waals surface area contributed by atoms with Crippen LogP contribution >= 0.6 is 0 Å². The predicted molar refractivity (Wildman–Crippen MR) is 62.6 cm³/mol. The Morgan fingerprint density at radius 1 is 1.47 bits per heavy atom. The molecule has 3 N–H and O–H groups in total. The minimum absolute atomic E-state index is 0.0730. The normalized spacial score (nSPS) is 10.7. The lowest BCUT2D eigenvalue weighted by molar-refractivity contribution is 0.0699. The topological polar surface area (TPSA) is 82.5 Å². The van der Waals surface area contributed by atoms with Gasteiger partial charge in [-0.25, -0.2) is 4.79 Å². The van der Waals surface area contributed by atoms with Gasteiger partial charge in [-0.2, -0.15) is 0 Å². The van der Waals surface area contributed by atoms with Crippen molar-refractivity contribution in [2.24, 2.45) is 0 Å². The maximum atomic E-state index is 11.1. The van der Waals surface area contributed by atoms with Gasteiger partial charge in [0, 0.05) is 22.7 Å². The number of aryl methyl sites for hydroxylation is 1. The molecule has 0 aliphatic heterocycles. The number of aliphatic hydroxyl groups is 1. The molecule has 0 radical (unpaired) electrons. The van der Waals surface area contributed by atoms with E-state index in [0.717, 1.165) is 11.1 Å². The number of hydrogen-bond acceptors (Lipinski definition) is 3. The molecule has 5 heteroatoms. The molecule has 0 fully saturated rings. The zero-order valence-electron chi connectivity index (χ0n) is 9.36. The highest BCUT2D eigenvalue weighted by Crippen LogP contribution is 2.29. The summed E-state index contributed by atoms with van der Waals surface area (Å²) in [5, 5.41) is 18.4. The van der Waals surface area contributed by atoms with E-state index in [2.05, 4.69) is 4.98 Å². The van der Waals surface area contributed by atoms with Crippen LogP contribution in [0.25, 0.3) is 10.9 Å². The third kappa shape index (κ3) is 1.97. The van der Waals surface area contributed by atoms with Crippen LogP contribution in [0.15, 0.2) is 18.3 Å². The molecule has 0 unspecified atom stereocenters. The number of aromatic carboxylic acids is 1. The lowest BCUT2D eigenvalue weighted by atomic mass is 10.1. The van der Waals surface area contributed by atoms with Crippen LogP contribution in [0.2, 0.25) is 0 Å². The molecule has 0 aliphatic carbocycles. The van der Waals surface area contributed by atoms with Crippen LogP contribution in [0, 0.1) is 6.92 Å². The van der Waals surface area contributed by atoms with E-state index in [9.17, 15) is 4.79 Å². The highest BCUT2D eigenvalue weighted by Gasteiger charge is 2.15. The van der Waals surface area contributed by atoms with Gasteiger partial charge in [0.1, 0.15) is 12.4 Å². The molecule has 0 saturated heterocycles. The van der Waals surface area contributed by atoms with Gasteiger partial charge in [-0.05, 0) is 19.1 Å². The second-order valence-corrected chi connectivity index (χ2v) is 3.69. The SMILES string of the molecule is Cc1c(OCCO)ccc2[nH]cc(C(=O)O)c12. The Morgan fingerprint density at radius 3 is 2.88 bits per heavy atom. The van der Waals surface area contributed by atoms with Crippen LogP contribution in [0.4, 0.5) is 0 Å². The van der Waals surface area contributed by atoms with E-state index in [1.54, 1.807) is 19.1 Å². The summed E-state index contributed by atoms with van der Waals surface area (Å²) in [6.07, 6.45) is 1.47. The van der Waals surface area contributed by atoms with Gasteiger partial charge in [-0.1, -0.05) is 0 Å². The Labute approximate surface area is 97.6 Å². The molecule has 0 spiro atoms. The maximum Gasteiger partial charge on any atom is 0.337 e. The van der Waals surface area contributed by atoms with Crippen molar-refractivity contribution < 1.29 is 19.7 Å². The molecule has 0 bridgehead atoms. The summed E-state index contributed by atoms with van der Waals surface area (Å²) < 4.78 is 5.34. The van der Waals surface area contributed by atoms with Gasteiger partial charge in [0.25, 0.3) is 0 Å². The first-order valence-electron chi connectivity index (χ1n) is 5.22. The molecule has 1 aromatic carbocycles. The number of carboxylic acids is 1. The van der Waals surface area contributed by atoms with Crippen molar-refractivity contribution in [1.29, 1.82) is 0 Å². The van der Waals surface area contributed by atoms with E-state index in [0.29, 0.717) is 11.1 Å². The van der Waals surface area contributed by atoms with Crippen molar-refractivity contribution in [2.75, 3.05) is 13.2 Å². The molecule has 0 amide bonds. The fraction of sp³-hybridized carbons (Fsp3) is 0.250. The van der Waals surface area contributed by atoms with Crippen LogP contribution in [-0.2, 0) is 0 Å². The van der Waals surface area contributed by atoms with E-state index < -0.39 is 5.97 Å². The summed E-state index contributed by atoms with van der Waals surface area (Å²) in [6.45, 7) is 1.92. The first-order valence-corrected chi connectivity index (χ1v) is 5.22. The molecule has 1 heterocycles. The zero-order valence-corrected chi connectivity index (χ0v) is 9.36. The minimum atomic E-state index is -0.973. The number of hydrogen-bond donors (Lipinski definition) is 3. The number of aromatic amines is 1. The van der Waals surface area contributed by atoms with Crippen molar-refractivity contribution >= 4 is 16.9 Å². The van der Waals surface area contributed by atoms with Crippen molar-refractivity contribution in [3.05, 3.63) is 29.5 Å². The molecule has 2 aromatic rings. The standard InChI is InChI=1S/C12H13NO4/c1-7-10(17-5-4-14)3-2-9-11(7)8(6-13-9)12(15)16/h2-3,6,13-14H,4-5H2,1H3,(H,15,16). The highest BCUT2D eigenvalue weighted by atomic mass is 16.5. The first kappa shape index (κ1) is 11.5. The maximum absolute atomic E-state index is 11.1. The average molecular weight is 235 g/mol. The van der Waals surface area contributed by atoms with Gasteiger partial charge in [0.15, 0.2) is 0 Å². The number of benzene rings is 1. The van der Waals surface area contributed by atoms with Gasteiger partial charge in [0.05, 0.1) is 12.2 Å². The molecule has 0 atom stereocenters. The molecule has 0 saturated carbocycles. The largest absolute Gasteiger partial charge is 0.491 e.